The topological polar surface area (TPSA) is 0 Å². The van der Waals surface area contributed by atoms with Gasteiger partial charge in [-0.15, -0.1) is 0 Å². The Morgan fingerprint density at radius 3 is 2.32 bits per heavy atom. The number of fused-ring (bicyclic) bond motifs is 2. The fourth-order valence-corrected chi connectivity index (χ4v) is 3.17. The summed E-state index contributed by atoms with van der Waals surface area (Å²) in [6.07, 6.45) is 9.34. The molecule has 0 aliphatic rings. The van der Waals surface area contributed by atoms with E-state index >= 15 is 0 Å². The van der Waals surface area contributed by atoms with E-state index in [9.17, 15) is 0 Å². The molecule has 22 heavy (non-hydrogen) atoms. The van der Waals surface area contributed by atoms with Crippen LogP contribution in [0, 0.1) is 6.07 Å². The van der Waals surface area contributed by atoms with Gasteiger partial charge in [-0.3, -0.25) is 0 Å². The van der Waals surface area contributed by atoms with Crippen LogP contribution in [0.15, 0.2) is 48.5 Å². The van der Waals surface area contributed by atoms with Gasteiger partial charge >= 0.3 is 0 Å². The van der Waals surface area contributed by atoms with Crippen molar-refractivity contribution in [1.29, 1.82) is 0 Å². The highest BCUT2D eigenvalue weighted by molar-refractivity contribution is 5.98. The summed E-state index contributed by atoms with van der Waals surface area (Å²) in [5.74, 6) is 0. The maximum absolute atomic E-state index is 3.47. The molecule has 0 spiro atoms. The molecule has 0 nitrogen and oxygen atoms in total. The third kappa shape index (κ3) is 3.68. The zero-order valence-electron chi connectivity index (χ0n) is 13.6. The molecule has 3 aromatic carbocycles. The first-order chi connectivity index (χ1) is 10.9. The summed E-state index contributed by atoms with van der Waals surface area (Å²) in [6.45, 7) is 2.27. The second kappa shape index (κ2) is 7.45. The van der Waals surface area contributed by atoms with E-state index in [-0.39, 0.29) is 0 Å². The van der Waals surface area contributed by atoms with Crippen molar-refractivity contribution in [2.24, 2.45) is 0 Å². The molecule has 0 bridgehead atoms. The zero-order valence-corrected chi connectivity index (χ0v) is 13.6. The lowest BCUT2D eigenvalue weighted by atomic mass is 9.99. The molecule has 0 unspecified atom stereocenters. The molecular formula is C22H25. The van der Waals surface area contributed by atoms with E-state index in [0.29, 0.717) is 0 Å². The van der Waals surface area contributed by atoms with E-state index < -0.39 is 0 Å². The van der Waals surface area contributed by atoms with E-state index in [2.05, 4.69) is 61.5 Å². The van der Waals surface area contributed by atoms with Crippen molar-refractivity contribution in [3.8, 4) is 0 Å². The normalized spacial score (nSPS) is 11.3. The van der Waals surface area contributed by atoms with Crippen LogP contribution in [0.1, 0.15) is 51.0 Å². The summed E-state index contributed by atoms with van der Waals surface area (Å²) in [6, 6.07) is 21.1. The van der Waals surface area contributed by atoms with Gasteiger partial charge in [-0.25, -0.2) is 0 Å². The summed E-state index contributed by atoms with van der Waals surface area (Å²) in [7, 11) is 0. The zero-order chi connectivity index (χ0) is 15.2. The lowest BCUT2D eigenvalue weighted by Crippen LogP contribution is -1.87. The molecule has 0 saturated carbocycles. The number of hydrogen-bond donors (Lipinski definition) is 0. The summed E-state index contributed by atoms with van der Waals surface area (Å²) >= 11 is 0. The first kappa shape index (κ1) is 15.1. The molecule has 0 N–H and O–H groups in total. The van der Waals surface area contributed by atoms with Gasteiger partial charge in [0.1, 0.15) is 0 Å². The van der Waals surface area contributed by atoms with Crippen LogP contribution in [0.5, 0.6) is 0 Å². The summed E-state index contributed by atoms with van der Waals surface area (Å²) in [5.41, 5.74) is 1.43. The van der Waals surface area contributed by atoms with Gasteiger partial charge in [0.2, 0.25) is 0 Å². The van der Waals surface area contributed by atoms with E-state index in [1.807, 2.05) is 0 Å². The largest absolute Gasteiger partial charge is 0.0654 e. The maximum Gasteiger partial charge on any atom is -0.00961 e. The molecule has 0 aliphatic carbocycles. The summed E-state index contributed by atoms with van der Waals surface area (Å²) < 4.78 is 0. The Morgan fingerprint density at radius 1 is 0.773 bits per heavy atom. The van der Waals surface area contributed by atoms with Crippen LogP contribution in [-0.2, 0) is 6.42 Å². The van der Waals surface area contributed by atoms with Crippen molar-refractivity contribution >= 4 is 21.5 Å². The standard InChI is InChI=1S/C22H25/c1-2-3-4-5-6-7-10-18-13-14-21-16-19-11-8-9-12-20(19)17-22(21)15-18/h8-9,11-13,15-17H,2-7,10H2,1H3. The molecule has 0 fully saturated rings. The first-order valence-corrected chi connectivity index (χ1v) is 8.70. The number of rotatable bonds is 7. The Hall–Kier alpha value is -1.82. The van der Waals surface area contributed by atoms with Crippen molar-refractivity contribution in [1.82, 2.24) is 0 Å². The van der Waals surface area contributed by atoms with Crippen LogP contribution in [0.2, 0.25) is 0 Å². The van der Waals surface area contributed by atoms with Gasteiger partial charge in [0, 0.05) is 0 Å². The fourth-order valence-electron chi connectivity index (χ4n) is 3.17. The van der Waals surface area contributed by atoms with Crippen LogP contribution in [-0.4, -0.2) is 0 Å². The lowest BCUT2D eigenvalue weighted by Gasteiger charge is -2.06. The lowest BCUT2D eigenvalue weighted by molar-refractivity contribution is 0.607. The highest BCUT2D eigenvalue weighted by Crippen LogP contribution is 2.24. The predicted octanol–water partition coefficient (Wildman–Crippen LogP) is 6.70. The van der Waals surface area contributed by atoms with Crippen LogP contribution in [0.25, 0.3) is 21.5 Å². The Labute approximate surface area is 134 Å². The fraction of sp³-hybridized carbons (Fsp3) is 0.364. The molecule has 1 radical (unpaired) electrons. The molecular weight excluding hydrogens is 264 g/mol. The number of unbranched alkanes of at least 4 members (excludes halogenated alkanes) is 5. The van der Waals surface area contributed by atoms with Crippen molar-refractivity contribution in [3.05, 3.63) is 60.2 Å². The molecule has 0 heteroatoms. The molecule has 3 rings (SSSR count). The molecule has 113 valence electrons. The number of hydrogen-bond acceptors (Lipinski definition) is 0. The smallest absolute Gasteiger partial charge is 0.00961 e. The quantitative estimate of drug-likeness (QED) is 0.335. The monoisotopic (exact) mass is 289 g/mol. The minimum absolute atomic E-state index is 1.19. The third-order valence-corrected chi connectivity index (χ3v) is 4.49. The van der Waals surface area contributed by atoms with Gasteiger partial charge in [0.05, 0.1) is 0 Å². The van der Waals surface area contributed by atoms with Gasteiger partial charge < -0.3 is 0 Å². The van der Waals surface area contributed by atoms with Crippen LogP contribution in [0.4, 0.5) is 0 Å². The molecule has 0 atom stereocenters. The van der Waals surface area contributed by atoms with Gasteiger partial charge in [-0.2, -0.15) is 0 Å². The summed E-state index contributed by atoms with van der Waals surface area (Å²) in [4.78, 5) is 0. The second-order valence-electron chi connectivity index (χ2n) is 6.31. The number of aryl methyl sites for hydroxylation is 1. The maximum atomic E-state index is 3.47. The molecule has 0 aliphatic heterocycles. The summed E-state index contributed by atoms with van der Waals surface area (Å²) in [5, 5.41) is 5.17. The van der Waals surface area contributed by atoms with Gasteiger partial charge in [0.15, 0.2) is 0 Å². The Balaban J connectivity index is 1.68. The van der Waals surface area contributed by atoms with Gasteiger partial charge in [-0.05, 0) is 58.1 Å². The highest BCUT2D eigenvalue weighted by Gasteiger charge is 2.00. The van der Waals surface area contributed by atoms with Crippen molar-refractivity contribution in [2.75, 3.05) is 0 Å². The van der Waals surface area contributed by atoms with Gasteiger partial charge in [0.25, 0.3) is 0 Å². The van der Waals surface area contributed by atoms with Crippen molar-refractivity contribution < 1.29 is 0 Å². The molecule has 0 saturated heterocycles. The predicted molar refractivity (Wildman–Crippen MR) is 97.4 cm³/mol. The second-order valence-corrected chi connectivity index (χ2v) is 6.31. The highest BCUT2D eigenvalue weighted by atomic mass is 14.0. The third-order valence-electron chi connectivity index (χ3n) is 4.49. The Bertz CT molecular complexity index is 739. The van der Waals surface area contributed by atoms with Crippen LogP contribution < -0.4 is 0 Å². The number of benzene rings is 3. The van der Waals surface area contributed by atoms with Crippen molar-refractivity contribution in [2.45, 2.75) is 51.9 Å². The van der Waals surface area contributed by atoms with Crippen LogP contribution in [0.3, 0.4) is 0 Å². The van der Waals surface area contributed by atoms with E-state index in [4.69, 9.17) is 0 Å². The van der Waals surface area contributed by atoms with Crippen molar-refractivity contribution in [3.63, 3.8) is 0 Å². The average molecular weight is 289 g/mol. The minimum atomic E-state index is 1.19. The molecule has 0 heterocycles. The van der Waals surface area contributed by atoms with E-state index in [1.54, 1.807) is 0 Å². The molecule has 0 aromatic heterocycles. The Kier molecular flexibility index (Phi) is 5.11. The first-order valence-electron chi connectivity index (χ1n) is 8.70. The minimum Gasteiger partial charge on any atom is -0.0654 e. The molecule has 0 amide bonds. The van der Waals surface area contributed by atoms with E-state index in [0.717, 1.165) is 0 Å². The Morgan fingerprint density at radius 2 is 1.50 bits per heavy atom. The average Bonchev–Trinajstić information content (AvgIpc) is 2.56. The SMILES string of the molecule is CCCCCCCCc1c[c]c2cc3ccccc3cc2c1. The van der Waals surface area contributed by atoms with Gasteiger partial charge in [-0.1, -0.05) is 75.4 Å². The van der Waals surface area contributed by atoms with E-state index in [1.165, 1.54) is 72.1 Å². The van der Waals surface area contributed by atoms with Crippen LogP contribution >= 0.6 is 0 Å². The molecule has 3 aromatic rings.